The highest BCUT2D eigenvalue weighted by Crippen LogP contribution is 2.31. The van der Waals surface area contributed by atoms with E-state index in [0.29, 0.717) is 30.0 Å². The van der Waals surface area contributed by atoms with Crippen LogP contribution in [0.15, 0.2) is 41.6 Å². The summed E-state index contributed by atoms with van der Waals surface area (Å²) in [6, 6.07) is 6.23. The Morgan fingerprint density at radius 1 is 1.16 bits per heavy atom. The number of nitrogens with zero attached hydrogens (tertiary/aromatic N) is 2. The van der Waals surface area contributed by atoms with Crippen molar-refractivity contribution in [3.63, 3.8) is 0 Å². The van der Waals surface area contributed by atoms with Gasteiger partial charge in [-0.15, -0.1) is 0 Å². The third-order valence-electron chi connectivity index (χ3n) is 5.16. The van der Waals surface area contributed by atoms with E-state index in [-0.39, 0.29) is 10.8 Å². The lowest BCUT2D eigenvalue weighted by Gasteiger charge is -2.32. The number of amides is 1. The van der Waals surface area contributed by atoms with Crippen LogP contribution in [0.3, 0.4) is 0 Å². The topological polar surface area (TPSA) is 142 Å². The van der Waals surface area contributed by atoms with Gasteiger partial charge < -0.3 is 15.5 Å². The van der Waals surface area contributed by atoms with E-state index in [4.69, 9.17) is 0 Å². The lowest BCUT2D eigenvalue weighted by molar-refractivity contribution is -0.114. The number of benzene rings is 1. The molecule has 1 amide bonds. The molecule has 1 aromatic carbocycles. The van der Waals surface area contributed by atoms with E-state index in [1.165, 1.54) is 30.5 Å². The number of carbonyl (C=O) groups is 1. The van der Waals surface area contributed by atoms with Crippen LogP contribution in [0.25, 0.3) is 21.3 Å². The predicted molar refractivity (Wildman–Crippen MR) is 117 cm³/mol. The molecular formula is C20H22N4O5S2. The van der Waals surface area contributed by atoms with E-state index >= 15 is 0 Å². The number of aromatic nitrogens is 2. The minimum atomic E-state index is -3.94. The number of nitrogens with one attached hydrogen (secondary N) is 2. The number of carbonyl (C=O) groups excluding carboxylic acids is 1. The lowest BCUT2D eigenvalue weighted by Crippen LogP contribution is -2.50. The molecule has 1 aliphatic carbocycles. The molecule has 0 radical (unpaired) electrons. The van der Waals surface area contributed by atoms with E-state index in [0.717, 1.165) is 15.8 Å². The Balaban J connectivity index is 1.61. The summed E-state index contributed by atoms with van der Waals surface area (Å²) in [7, 11) is -3.94. The molecule has 0 spiro atoms. The van der Waals surface area contributed by atoms with E-state index in [1.54, 1.807) is 12.3 Å². The maximum absolute atomic E-state index is 12.9. The van der Waals surface area contributed by atoms with Crippen LogP contribution < -0.4 is 10.0 Å². The van der Waals surface area contributed by atoms with Crippen LogP contribution in [0.5, 0.6) is 0 Å². The minimum absolute atomic E-state index is 0.0272. The second-order valence-corrected chi connectivity index (χ2v) is 10.3. The molecule has 1 aliphatic rings. The predicted octanol–water partition coefficient (Wildman–Crippen LogP) is 1.87. The summed E-state index contributed by atoms with van der Waals surface area (Å²) in [5.41, 5.74) is 2.08. The fourth-order valence-electron chi connectivity index (χ4n) is 3.58. The van der Waals surface area contributed by atoms with Crippen molar-refractivity contribution in [3.8, 4) is 11.1 Å². The summed E-state index contributed by atoms with van der Waals surface area (Å²) >= 11 is 1.32. The van der Waals surface area contributed by atoms with Crippen molar-refractivity contribution in [1.82, 2.24) is 14.7 Å². The number of rotatable bonds is 5. The number of aliphatic hydroxyl groups is 2. The quantitative estimate of drug-likeness (QED) is 0.453. The van der Waals surface area contributed by atoms with Crippen LogP contribution in [0.2, 0.25) is 0 Å². The molecule has 3 aromatic rings. The van der Waals surface area contributed by atoms with E-state index < -0.39 is 28.3 Å². The molecule has 31 heavy (non-hydrogen) atoms. The van der Waals surface area contributed by atoms with Gasteiger partial charge in [0.2, 0.25) is 15.9 Å². The number of thiazole rings is 1. The maximum Gasteiger partial charge on any atom is 0.242 e. The number of pyridine rings is 1. The van der Waals surface area contributed by atoms with Crippen LogP contribution in [0, 0.1) is 0 Å². The largest absolute Gasteiger partial charge is 0.390 e. The molecule has 3 atom stereocenters. The summed E-state index contributed by atoms with van der Waals surface area (Å²) in [5.74, 6) is -0.204. The molecular weight excluding hydrogens is 440 g/mol. The van der Waals surface area contributed by atoms with Crippen molar-refractivity contribution in [3.05, 3.63) is 36.7 Å². The smallest absolute Gasteiger partial charge is 0.242 e. The van der Waals surface area contributed by atoms with Crippen LogP contribution in [-0.2, 0) is 14.8 Å². The molecule has 9 nitrogen and oxygen atoms in total. The van der Waals surface area contributed by atoms with Crippen molar-refractivity contribution in [1.29, 1.82) is 0 Å². The van der Waals surface area contributed by atoms with Gasteiger partial charge in [-0.3, -0.25) is 9.78 Å². The second-order valence-electron chi connectivity index (χ2n) is 7.51. The molecule has 4 N–H and O–H groups in total. The molecule has 2 aromatic heterocycles. The fourth-order valence-corrected chi connectivity index (χ4v) is 5.81. The van der Waals surface area contributed by atoms with Crippen molar-refractivity contribution in [2.24, 2.45) is 0 Å². The Hall–Kier alpha value is -2.44. The average molecular weight is 463 g/mol. The number of hydrogen-bond acceptors (Lipinski definition) is 8. The lowest BCUT2D eigenvalue weighted by atomic mass is 9.91. The molecule has 2 heterocycles. The highest BCUT2D eigenvalue weighted by atomic mass is 32.2. The normalized spacial score (nSPS) is 21.8. The highest BCUT2D eigenvalue weighted by molar-refractivity contribution is 7.89. The van der Waals surface area contributed by atoms with Gasteiger partial charge in [0, 0.05) is 24.9 Å². The molecule has 0 bridgehead atoms. The summed E-state index contributed by atoms with van der Waals surface area (Å²) in [4.78, 5) is 19.6. The molecule has 1 saturated carbocycles. The fraction of sp³-hybridized carbons (Fsp3) is 0.350. The van der Waals surface area contributed by atoms with Crippen molar-refractivity contribution >= 4 is 42.6 Å². The Morgan fingerprint density at radius 3 is 2.74 bits per heavy atom. The number of aliphatic hydroxyl groups excluding tert-OH is 2. The third-order valence-corrected chi connectivity index (χ3v) is 7.55. The zero-order valence-corrected chi connectivity index (χ0v) is 18.3. The third kappa shape index (κ3) is 4.75. The molecule has 11 heteroatoms. The average Bonchev–Trinajstić information content (AvgIpc) is 3.12. The van der Waals surface area contributed by atoms with Gasteiger partial charge >= 0.3 is 0 Å². The van der Waals surface area contributed by atoms with Crippen LogP contribution >= 0.6 is 11.3 Å². The van der Waals surface area contributed by atoms with E-state index in [9.17, 15) is 23.4 Å². The summed E-state index contributed by atoms with van der Waals surface area (Å²) in [5, 5.41) is 23.1. The number of anilines is 1. The van der Waals surface area contributed by atoms with Gasteiger partial charge in [-0.25, -0.2) is 18.1 Å². The van der Waals surface area contributed by atoms with Gasteiger partial charge in [-0.1, -0.05) is 17.4 Å². The van der Waals surface area contributed by atoms with Crippen LogP contribution in [-0.4, -0.2) is 52.8 Å². The molecule has 0 saturated heterocycles. The first kappa shape index (κ1) is 21.8. The molecule has 4 rings (SSSR count). The van der Waals surface area contributed by atoms with Crippen LogP contribution in [0.1, 0.15) is 26.2 Å². The Kier molecular flexibility index (Phi) is 6.04. The number of sulfonamides is 1. The Labute approximate surface area is 183 Å². The maximum atomic E-state index is 12.9. The van der Waals surface area contributed by atoms with Gasteiger partial charge in [0.15, 0.2) is 5.13 Å². The van der Waals surface area contributed by atoms with Gasteiger partial charge in [0.05, 0.1) is 28.5 Å². The summed E-state index contributed by atoms with van der Waals surface area (Å²) in [6.07, 6.45) is 2.24. The molecule has 1 unspecified atom stereocenters. The van der Waals surface area contributed by atoms with Crippen molar-refractivity contribution in [2.75, 3.05) is 5.32 Å². The summed E-state index contributed by atoms with van der Waals surface area (Å²) in [6.45, 7) is 1.41. The second kappa shape index (κ2) is 8.60. The summed E-state index contributed by atoms with van der Waals surface area (Å²) < 4.78 is 29.1. The van der Waals surface area contributed by atoms with Crippen molar-refractivity contribution < 1.29 is 23.4 Å². The first-order chi connectivity index (χ1) is 14.7. The van der Waals surface area contributed by atoms with Crippen molar-refractivity contribution in [2.45, 2.75) is 49.3 Å². The number of hydrogen-bond donors (Lipinski definition) is 4. The monoisotopic (exact) mass is 462 g/mol. The van der Waals surface area contributed by atoms with Gasteiger partial charge in [0.1, 0.15) is 4.90 Å². The Morgan fingerprint density at radius 2 is 1.97 bits per heavy atom. The van der Waals surface area contributed by atoms with Crippen LogP contribution in [0.4, 0.5) is 5.13 Å². The van der Waals surface area contributed by atoms with Gasteiger partial charge in [-0.05, 0) is 43.0 Å². The van der Waals surface area contributed by atoms with E-state index in [1.807, 2.05) is 12.1 Å². The zero-order valence-electron chi connectivity index (χ0n) is 16.6. The van der Waals surface area contributed by atoms with Gasteiger partial charge in [-0.2, -0.15) is 0 Å². The first-order valence-corrected chi connectivity index (χ1v) is 12.0. The highest BCUT2D eigenvalue weighted by Gasteiger charge is 2.33. The first-order valence-electron chi connectivity index (χ1n) is 9.75. The van der Waals surface area contributed by atoms with E-state index in [2.05, 4.69) is 20.0 Å². The number of fused-ring (bicyclic) bond motifs is 1. The zero-order chi connectivity index (χ0) is 22.2. The molecule has 0 aliphatic heterocycles. The molecule has 164 valence electrons. The SMILES string of the molecule is CC(=O)Nc1nc2ccc(-c3cncc(S(=O)(=O)NC4CCC[C@H](O)[C@@H]4O)c3)cc2s1. The molecule has 1 fully saturated rings. The Bertz CT molecular complexity index is 1230. The standard InChI is InChI=1S/C20H22N4O5S2/c1-11(25)22-20-23-15-6-5-12(8-18(15)30-20)13-7-14(10-21-9-13)31(28,29)24-16-3-2-4-17(26)19(16)27/h5-10,16-17,19,24,26-27H,2-4H2,1H3,(H,22,23,25)/t16?,17-,19+/m0/s1. The van der Waals surface area contributed by atoms with Gasteiger partial charge in [0.25, 0.3) is 0 Å². The minimum Gasteiger partial charge on any atom is -0.390 e.